The zero-order chi connectivity index (χ0) is 24.1. The van der Waals surface area contributed by atoms with Gasteiger partial charge in [-0.2, -0.15) is 0 Å². The van der Waals surface area contributed by atoms with Crippen molar-refractivity contribution < 1.29 is 0 Å². The number of rotatable bonds is 23. The maximum absolute atomic E-state index is 2.49. The summed E-state index contributed by atoms with van der Waals surface area (Å²) in [6.07, 6.45) is 31.0. The van der Waals surface area contributed by atoms with Crippen LogP contribution in [0.5, 0.6) is 0 Å². The summed E-state index contributed by atoms with van der Waals surface area (Å²) >= 11 is 3.92. The molecule has 0 N–H and O–H groups in total. The fraction of sp³-hybridized carbons (Fsp3) is 0.750. The van der Waals surface area contributed by atoms with Crippen molar-refractivity contribution in [1.82, 2.24) is 0 Å². The molecule has 0 nitrogen and oxygen atoms in total. The molecule has 0 bridgehead atoms. The molecule has 194 valence electrons. The van der Waals surface area contributed by atoms with E-state index in [1.807, 2.05) is 22.7 Å². The molecule has 2 aromatic rings. The van der Waals surface area contributed by atoms with Crippen LogP contribution in [-0.2, 0) is 12.8 Å². The van der Waals surface area contributed by atoms with Gasteiger partial charge in [0.2, 0.25) is 0 Å². The van der Waals surface area contributed by atoms with Gasteiger partial charge in [-0.25, -0.2) is 0 Å². The molecule has 2 heterocycles. The van der Waals surface area contributed by atoms with E-state index < -0.39 is 0 Å². The van der Waals surface area contributed by atoms with Crippen molar-refractivity contribution in [3.63, 3.8) is 0 Å². The zero-order valence-electron chi connectivity index (χ0n) is 22.7. The predicted octanol–water partition coefficient (Wildman–Crippen LogP) is 12.4. The number of hydrogen-bond acceptors (Lipinski definition) is 2. The summed E-state index contributed by atoms with van der Waals surface area (Å²) in [5, 5.41) is 4.73. The van der Waals surface area contributed by atoms with E-state index in [0.29, 0.717) is 0 Å². The maximum atomic E-state index is 2.49. The Morgan fingerprint density at radius 2 is 1.00 bits per heavy atom. The first-order valence-corrected chi connectivity index (χ1v) is 16.7. The first-order valence-electron chi connectivity index (χ1n) is 15.0. The molecular formula is C32H54S2. The monoisotopic (exact) mass is 502 g/mol. The molecule has 0 saturated heterocycles. The molecular weight excluding hydrogens is 448 g/mol. The first kappa shape index (κ1) is 29.6. The summed E-state index contributed by atoms with van der Waals surface area (Å²) in [6, 6.07) is 4.88. The lowest BCUT2D eigenvalue weighted by atomic mass is 10.0. The van der Waals surface area contributed by atoms with Crippen LogP contribution >= 0.6 is 22.7 Å². The van der Waals surface area contributed by atoms with Crippen molar-refractivity contribution in [1.29, 1.82) is 0 Å². The molecule has 2 rings (SSSR count). The molecule has 0 unspecified atom stereocenters. The second-order valence-electron chi connectivity index (χ2n) is 10.5. The molecule has 2 heteroatoms. The summed E-state index contributed by atoms with van der Waals surface area (Å²) in [5.74, 6) is 0. The summed E-state index contributed by atoms with van der Waals surface area (Å²) in [7, 11) is 0. The highest BCUT2D eigenvalue weighted by Gasteiger charge is 2.10. The molecule has 0 atom stereocenters. The van der Waals surface area contributed by atoms with Gasteiger partial charge in [-0.3, -0.25) is 0 Å². The molecule has 0 fully saturated rings. The van der Waals surface area contributed by atoms with Crippen molar-refractivity contribution in [2.45, 2.75) is 155 Å². The molecule has 0 aliphatic carbocycles. The van der Waals surface area contributed by atoms with E-state index >= 15 is 0 Å². The lowest BCUT2D eigenvalue weighted by molar-refractivity contribution is 0.556. The number of unbranched alkanes of at least 4 members (excludes halogenated alkanes) is 18. The summed E-state index contributed by atoms with van der Waals surface area (Å²) in [6.45, 7) is 4.60. The van der Waals surface area contributed by atoms with Gasteiger partial charge >= 0.3 is 0 Å². The highest BCUT2D eigenvalue weighted by molar-refractivity contribution is 7.20. The van der Waals surface area contributed by atoms with E-state index in [1.165, 1.54) is 146 Å². The maximum Gasteiger partial charge on any atom is 0.0474 e. The van der Waals surface area contributed by atoms with Gasteiger partial charge < -0.3 is 0 Å². The van der Waals surface area contributed by atoms with Crippen molar-refractivity contribution in [2.24, 2.45) is 0 Å². The van der Waals surface area contributed by atoms with Gasteiger partial charge in [0.25, 0.3) is 0 Å². The van der Waals surface area contributed by atoms with Gasteiger partial charge in [-0.05, 0) is 59.7 Å². The topological polar surface area (TPSA) is 0 Å². The Kier molecular flexibility index (Phi) is 17.9. The van der Waals surface area contributed by atoms with Crippen molar-refractivity contribution in [3.8, 4) is 9.75 Å². The molecule has 0 aliphatic heterocycles. The van der Waals surface area contributed by atoms with Gasteiger partial charge in [0.05, 0.1) is 0 Å². The van der Waals surface area contributed by atoms with Crippen LogP contribution in [0.4, 0.5) is 0 Å². The molecule has 2 aromatic heterocycles. The van der Waals surface area contributed by atoms with Crippen LogP contribution < -0.4 is 0 Å². The number of hydrogen-bond donors (Lipinski definition) is 0. The van der Waals surface area contributed by atoms with Gasteiger partial charge in [0.1, 0.15) is 0 Å². The van der Waals surface area contributed by atoms with E-state index in [-0.39, 0.29) is 0 Å². The zero-order valence-corrected chi connectivity index (χ0v) is 24.3. The molecule has 0 aliphatic rings. The van der Waals surface area contributed by atoms with Gasteiger partial charge in [0, 0.05) is 9.75 Å². The average Bonchev–Trinajstić information content (AvgIpc) is 3.51. The number of aryl methyl sites for hydroxylation is 2. The lowest BCUT2D eigenvalue weighted by Gasteiger charge is -2.04. The fourth-order valence-electron chi connectivity index (χ4n) is 4.99. The van der Waals surface area contributed by atoms with Crippen molar-refractivity contribution in [2.75, 3.05) is 0 Å². The Hall–Kier alpha value is -0.600. The standard InChI is InChI=1S/C32H54S2/c1-3-5-7-9-11-13-15-17-19-21-23-29-27-31(34-28-29)32-30(25-26-33-32)24-22-20-18-16-14-12-10-8-6-4-2/h25-28H,3-24H2,1-2H3. The molecule has 0 amide bonds. The third kappa shape index (κ3) is 13.5. The van der Waals surface area contributed by atoms with Crippen LogP contribution in [-0.4, -0.2) is 0 Å². The second-order valence-corrected chi connectivity index (χ2v) is 12.3. The third-order valence-corrected chi connectivity index (χ3v) is 9.36. The number of thiophene rings is 2. The minimum Gasteiger partial charge on any atom is -0.143 e. The molecule has 0 radical (unpaired) electrons. The smallest absolute Gasteiger partial charge is 0.0474 e. The molecule has 0 aromatic carbocycles. The third-order valence-electron chi connectivity index (χ3n) is 7.24. The van der Waals surface area contributed by atoms with E-state index in [9.17, 15) is 0 Å². The minimum atomic E-state index is 1.26. The van der Waals surface area contributed by atoms with Crippen LogP contribution in [0.1, 0.15) is 153 Å². The van der Waals surface area contributed by atoms with Crippen LogP contribution in [0.25, 0.3) is 9.75 Å². The highest BCUT2D eigenvalue weighted by atomic mass is 32.1. The Morgan fingerprint density at radius 3 is 1.53 bits per heavy atom. The second kappa shape index (κ2) is 20.6. The van der Waals surface area contributed by atoms with E-state index in [4.69, 9.17) is 0 Å². The van der Waals surface area contributed by atoms with Gasteiger partial charge in [-0.15, -0.1) is 22.7 Å². The predicted molar refractivity (Wildman–Crippen MR) is 159 cm³/mol. The van der Waals surface area contributed by atoms with Gasteiger partial charge in [-0.1, -0.05) is 129 Å². The van der Waals surface area contributed by atoms with Crippen LogP contribution in [0.2, 0.25) is 0 Å². The minimum absolute atomic E-state index is 1.26. The lowest BCUT2D eigenvalue weighted by Crippen LogP contribution is -1.87. The molecule has 34 heavy (non-hydrogen) atoms. The summed E-state index contributed by atoms with van der Waals surface area (Å²) in [5.41, 5.74) is 3.16. The van der Waals surface area contributed by atoms with Gasteiger partial charge in [0.15, 0.2) is 0 Å². The van der Waals surface area contributed by atoms with Crippen molar-refractivity contribution >= 4 is 22.7 Å². The van der Waals surface area contributed by atoms with Crippen LogP contribution in [0, 0.1) is 0 Å². The summed E-state index contributed by atoms with van der Waals surface area (Å²) < 4.78 is 0. The van der Waals surface area contributed by atoms with E-state index in [0.717, 1.165) is 0 Å². The summed E-state index contributed by atoms with van der Waals surface area (Å²) in [4.78, 5) is 3.06. The Balaban J connectivity index is 1.54. The normalized spacial score (nSPS) is 11.5. The first-order chi connectivity index (χ1) is 16.8. The van der Waals surface area contributed by atoms with E-state index in [1.54, 1.807) is 16.0 Å². The van der Waals surface area contributed by atoms with Crippen LogP contribution in [0.15, 0.2) is 22.9 Å². The fourth-order valence-corrected chi connectivity index (χ4v) is 7.07. The SMILES string of the molecule is CCCCCCCCCCCCc1csc(-c2sccc2CCCCCCCCCCCC)c1. The Morgan fingerprint density at radius 1 is 0.529 bits per heavy atom. The molecule has 0 spiro atoms. The molecule has 0 saturated carbocycles. The largest absolute Gasteiger partial charge is 0.143 e. The Labute approximate surface area is 221 Å². The Bertz CT molecular complexity index is 695. The average molecular weight is 503 g/mol. The quantitative estimate of drug-likeness (QED) is 0.132. The highest BCUT2D eigenvalue weighted by Crippen LogP contribution is 2.35. The van der Waals surface area contributed by atoms with Crippen molar-refractivity contribution in [3.05, 3.63) is 34.0 Å². The van der Waals surface area contributed by atoms with E-state index in [2.05, 4.69) is 36.7 Å². The van der Waals surface area contributed by atoms with Crippen LogP contribution in [0.3, 0.4) is 0 Å².